The molecule has 0 heterocycles. The molecule has 0 radical (unpaired) electrons. The smallest absolute Gasteiger partial charge is 0.362 e. The molecule has 0 saturated carbocycles. The number of esters is 1. The van der Waals surface area contributed by atoms with Crippen molar-refractivity contribution in [2.24, 2.45) is 16.1 Å². The first kappa shape index (κ1) is 14.9. The number of hydrogen-bond donors (Lipinski definition) is 1. The molecule has 1 rings (SSSR count). The minimum atomic E-state index is -0.673. The largest absolute Gasteiger partial charge is 0.509 e. The van der Waals surface area contributed by atoms with Crippen LogP contribution in [0.15, 0.2) is 52.0 Å². The molecular weight excluding hydrogens is 244 g/mol. The van der Waals surface area contributed by atoms with E-state index >= 15 is 0 Å². The minimum absolute atomic E-state index is 0.127. The Morgan fingerprint density at radius 3 is 2.47 bits per heavy atom. The lowest BCUT2D eigenvalue weighted by Crippen LogP contribution is -2.11. The van der Waals surface area contributed by atoms with E-state index < -0.39 is 5.97 Å². The fourth-order valence-corrected chi connectivity index (χ4v) is 1.27. The molecule has 0 fully saturated rings. The molecule has 0 atom stereocenters. The van der Waals surface area contributed by atoms with Crippen molar-refractivity contribution in [2.45, 2.75) is 20.8 Å². The molecular formula is C14H18N2O3. The van der Waals surface area contributed by atoms with Crippen LogP contribution in [0.5, 0.6) is 0 Å². The molecule has 0 aliphatic carbocycles. The lowest BCUT2D eigenvalue weighted by atomic mass is 10.1. The minimum Gasteiger partial charge on any atom is -0.509 e. The van der Waals surface area contributed by atoms with Gasteiger partial charge in [0, 0.05) is 5.92 Å². The van der Waals surface area contributed by atoms with Crippen molar-refractivity contribution < 1.29 is 14.6 Å². The van der Waals surface area contributed by atoms with Crippen molar-refractivity contribution in [3.05, 3.63) is 41.8 Å². The van der Waals surface area contributed by atoms with Gasteiger partial charge in [-0.05, 0) is 19.1 Å². The predicted octanol–water partition coefficient (Wildman–Crippen LogP) is 3.76. The van der Waals surface area contributed by atoms with E-state index in [-0.39, 0.29) is 24.0 Å². The van der Waals surface area contributed by atoms with Crippen LogP contribution in [0.25, 0.3) is 0 Å². The van der Waals surface area contributed by atoms with E-state index in [0.29, 0.717) is 5.69 Å². The van der Waals surface area contributed by atoms with Crippen molar-refractivity contribution >= 4 is 11.7 Å². The van der Waals surface area contributed by atoms with Gasteiger partial charge in [-0.1, -0.05) is 32.0 Å². The Bertz CT molecular complexity index is 479. The highest BCUT2D eigenvalue weighted by Crippen LogP contribution is 2.18. The summed E-state index contributed by atoms with van der Waals surface area (Å²) in [6, 6.07) is 8.97. The van der Waals surface area contributed by atoms with Gasteiger partial charge in [0.25, 0.3) is 0 Å². The molecule has 0 aliphatic heterocycles. The van der Waals surface area contributed by atoms with Crippen molar-refractivity contribution in [2.75, 3.05) is 6.61 Å². The van der Waals surface area contributed by atoms with Crippen LogP contribution in [0.4, 0.5) is 5.69 Å². The van der Waals surface area contributed by atoms with Gasteiger partial charge in [0.15, 0.2) is 0 Å². The molecule has 0 aliphatic rings. The Morgan fingerprint density at radius 2 is 1.95 bits per heavy atom. The van der Waals surface area contributed by atoms with Gasteiger partial charge >= 0.3 is 5.97 Å². The average Bonchev–Trinajstić information content (AvgIpc) is 2.40. The van der Waals surface area contributed by atoms with Crippen LogP contribution in [0.2, 0.25) is 0 Å². The number of aliphatic hydroxyl groups excluding tert-OH is 1. The van der Waals surface area contributed by atoms with Crippen LogP contribution < -0.4 is 0 Å². The molecule has 1 N–H and O–H groups in total. The number of azo groups is 1. The van der Waals surface area contributed by atoms with E-state index in [9.17, 15) is 9.90 Å². The van der Waals surface area contributed by atoms with Crippen LogP contribution >= 0.6 is 0 Å². The lowest BCUT2D eigenvalue weighted by Gasteiger charge is -2.07. The Morgan fingerprint density at radius 1 is 1.32 bits per heavy atom. The van der Waals surface area contributed by atoms with Crippen LogP contribution in [0, 0.1) is 5.92 Å². The fraction of sp³-hybridized carbons (Fsp3) is 0.357. The van der Waals surface area contributed by atoms with E-state index in [1.54, 1.807) is 32.9 Å². The second kappa shape index (κ2) is 7.31. The van der Waals surface area contributed by atoms with Crippen LogP contribution in [-0.4, -0.2) is 17.7 Å². The first-order chi connectivity index (χ1) is 9.06. The topological polar surface area (TPSA) is 71.2 Å². The molecule has 0 aromatic heterocycles. The second-order valence-corrected chi connectivity index (χ2v) is 4.14. The summed E-state index contributed by atoms with van der Waals surface area (Å²) in [6.07, 6.45) is 0. The van der Waals surface area contributed by atoms with Gasteiger partial charge < -0.3 is 9.84 Å². The number of aliphatic hydroxyl groups is 1. The zero-order valence-electron chi connectivity index (χ0n) is 11.3. The van der Waals surface area contributed by atoms with Crippen molar-refractivity contribution in [3.63, 3.8) is 0 Å². The number of hydrogen-bond acceptors (Lipinski definition) is 5. The SMILES string of the molecule is CCOC(=O)/C(N=Nc1ccccc1)=C(\O)C(C)C. The third kappa shape index (κ3) is 4.54. The summed E-state index contributed by atoms with van der Waals surface area (Å²) in [6.45, 7) is 5.42. The number of allylic oxidation sites excluding steroid dienone is 1. The number of benzene rings is 1. The van der Waals surface area contributed by atoms with Crippen LogP contribution in [0.3, 0.4) is 0 Å². The van der Waals surface area contributed by atoms with E-state index in [0.717, 1.165) is 0 Å². The van der Waals surface area contributed by atoms with Gasteiger partial charge in [0.05, 0.1) is 12.3 Å². The summed E-state index contributed by atoms with van der Waals surface area (Å²) in [5.41, 5.74) is 0.446. The summed E-state index contributed by atoms with van der Waals surface area (Å²) in [5, 5.41) is 17.6. The summed E-state index contributed by atoms with van der Waals surface area (Å²) >= 11 is 0. The quantitative estimate of drug-likeness (QED) is 0.380. The second-order valence-electron chi connectivity index (χ2n) is 4.14. The maximum Gasteiger partial charge on any atom is 0.362 e. The zero-order chi connectivity index (χ0) is 14.3. The Hall–Kier alpha value is -2.17. The fourth-order valence-electron chi connectivity index (χ4n) is 1.27. The molecule has 1 aromatic rings. The van der Waals surface area contributed by atoms with E-state index in [1.165, 1.54) is 0 Å². The summed E-state index contributed by atoms with van der Waals surface area (Å²) in [7, 11) is 0. The first-order valence-corrected chi connectivity index (χ1v) is 6.13. The van der Waals surface area contributed by atoms with Gasteiger partial charge in [-0.3, -0.25) is 0 Å². The molecule has 0 spiro atoms. The zero-order valence-corrected chi connectivity index (χ0v) is 11.3. The Kier molecular flexibility index (Phi) is 5.73. The molecule has 0 amide bonds. The Balaban J connectivity index is 3.02. The molecule has 1 aromatic carbocycles. The molecule has 0 saturated heterocycles. The van der Waals surface area contributed by atoms with Crippen LogP contribution in [-0.2, 0) is 9.53 Å². The highest BCUT2D eigenvalue weighted by molar-refractivity contribution is 5.88. The van der Waals surface area contributed by atoms with E-state index in [1.807, 2.05) is 18.2 Å². The average molecular weight is 262 g/mol. The highest BCUT2D eigenvalue weighted by atomic mass is 16.5. The van der Waals surface area contributed by atoms with Crippen molar-refractivity contribution in [3.8, 4) is 0 Å². The van der Waals surface area contributed by atoms with E-state index in [2.05, 4.69) is 10.2 Å². The lowest BCUT2D eigenvalue weighted by molar-refractivity contribution is -0.138. The van der Waals surface area contributed by atoms with Gasteiger partial charge in [0.2, 0.25) is 5.70 Å². The Labute approximate surface area is 112 Å². The molecule has 5 heteroatoms. The van der Waals surface area contributed by atoms with E-state index in [4.69, 9.17) is 4.74 Å². The first-order valence-electron chi connectivity index (χ1n) is 6.13. The number of carbonyl (C=O) groups excluding carboxylic acids is 1. The normalized spacial score (nSPS) is 12.6. The monoisotopic (exact) mass is 262 g/mol. The maximum atomic E-state index is 11.7. The van der Waals surface area contributed by atoms with Crippen molar-refractivity contribution in [1.29, 1.82) is 0 Å². The molecule has 5 nitrogen and oxygen atoms in total. The maximum absolute atomic E-state index is 11.7. The van der Waals surface area contributed by atoms with Crippen LogP contribution in [0.1, 0.15) is 20.8 Å². The predicted molar refractivity (Wildman–Crippen MR) is 72.1 cm³/mol. The molecule has 0 unspecified atom stereocenters. The number of carbonyl (C=O) groups is 1. The molecule has 0 bridgehead atoms. The third-order valence-corrected chi connectivity index (χ3v) is 2.28. The number of nitrogens with zero attached hydrogens (tertiary/aromatic N) is 2. The highest BCUT2D eigenvalue weighted by Gasteiger charge is 2.18. The third-order valence-electron chi connectivity index (χ3n) is 2.28. The number of rotatable bonds is 5. The summed E-state index contributed by atoms with van der Waals surface area (Å²) in [4.78, 5) is 11.7. The molecule has 19 heavy (non-hydrogen) atoms. The number of ether oxygens (including phenoxy) is 1. The van der Waals surface area contributed by atoms with Gasteiger partial charge in [0.1, 0.15) is 5.76 Å². The summed E-state index contributed by atoms with van der Waals surface area (Å²) < 4.78 is 4.85. The van der Waals surface area contributed by atoms with Gasteiger partial charge in [-0.15, -0.1) is 5.11 Å². The standard InChI is InChI=1S/C14H18N2O3/c1-4-19-14(18)12(13(17)10(2)3)16-15-11-8-6-5-7-9-11/h5-10,17H,4H2,1-3H3/b13-12+,16-15?. The van der Waals surface area contributed by atoms with Gasteiger partial charge in [-0.25, -0.2) is 4.79 Å². The molecule has 102 valence electrons. The van der Waals surface area contributed by atoms with Crippen molar-refractivity contribution in [1.82, 2.24) is 0 Å². The van der Waals surface area contributed by atoms with Gasteiger partial charge in [-0.2, -0.15) is 5.11 Å². The summed E-state index contributed by atoms with van der Waals surface area (Å²) in [5.74, 6) is -1.03.